The fourth-order valence-electron chi connectivity index (χ4n) is 1.91. The van der Waals surface area contributed by atoms with E-state index in [4.69, 9.17) is 9.47 Å². The topological polar surface area (TPSA) is 30.5 Å². The zero-order valence-corrected chi connectivity index (χ0v) is 12.2. The van der Waals surface area contributed by atoms with Crippen molar-refractivity contribution in [1.29, 1.82) is 0 Å². The Morgan fingerprint density at radius 2 is 2.16 bits per heavy atom. The maximum absolute atomic E-state index is 6.00. The Kier molecular flexibility index (Phi) is 5.08. The van der Waals surface area contributed by atoms with Crippen LogP contribution in [-0.2, 0) is 6.54 Å². The molecule has 0 spiro atoms. The van der Waals surface area contributed by atoms with E-state index in [1.54, 1.807) is 7.11 Å². The average Bonchev–Trinajstić information content (AvgIpc) is 3.26. The molecular formula is C16H25NO2. The van der Waals surface area contributed by atoms with Gasteiger partial charge in [-0.3, -0.25) is 0 Å². The highest BCUT2D eigenvalue weighted by Gasteiger charge is 2.21. The maximum Gasteiger partial charge on any atom is 0.165 e. The molecule has 1 aromatic carbocycles. The summed E-state index contributed by atoms with van der Waals surface area (Å²) in [7, 11) is 1.70. The lowest BCUT2D eigenvalue weighted by molar-refractivity contribution is 0.242. The van der Waals surface area contributed by atoms with Crippen molar-refractivity contribution >= 4 is 0 Å². The van der Waals surface area contributed by atoms with Crippen LogP contribution in [0.15, 0.2) is 18.2 Å². The van der Waals surface area contributed by atoms with Gasteiger partial charge in [-0.25, -0.2) is 0 Å². The summed E-state index contributed by atoms with van der Waals surface area (Å²) in [6.45, 7) is 5.99. The first-order chi connectivity index (χ1) is 9.24. The van der Waals surface area contributed by atoms with Gasteiger partial charge in [0.2, 0.25) is 0 Å². The molecule has 106 valence electrons. The van der Waals surface area contributed by atoms with Gasteiger partial charge in [0, 0.05) is 18.2 Å². The highest BCUT2D eigenvalue weighted by molar-refractivity contribution is 5.46. The van der Waals surface area contributed by atoms with Crippen LogP contribution in [0.4, 0.5) is 0 Å². The summed E-state index contributed by atoms with van der Waals surface area (Å²) in [6, 6.07) is 6.81. The average molecular weight is 263 g/mol. The van der Waals surface area contributed by atoms with Crippen molar-refractivity contribution < 1.29 is 9.47 Å². The van der Waals surface area contributed by atoms with Crippen LogP contribution < -0.4 is 14.8 Å². The second-order valence-electron chi connectivity index (χ2n) is 5.43. The zero-order valence-electron chi connectivity index (χ0n) is 12.2. The Balaban J connectivity index is 2.05. The molecule has 1 aromatic rings. The molecule has 1 fully saturated rings. The first-order valence-electron chi connectivity index (χ1n) is 7.26. The predicted molar refractivity (Wildman–Crippen MR) is 77.8 cm³/mol. The Hall–Kier alpha value is -1.22. The Labute approximate surface area is 116 Å². The van der Waals surface area contributed by atoms with Gasteiger partial charge < -0.3 is 14.8 Å². The number of ether oxygens (including phenoxy) is 2. The lowest BCUT2D eigenvalue weighted by atomic mass is 10.1. The van der Waals surface area contributed by atoms with Crippen LogP contribution in [0.25, 0.3) is 0 Å². The van der Waals surface area contributed by atoms with E-state index in [-0.39, 0.29) is 0 Å². The van der Waals surface area contributed by atoms with E-state index in [1.165, 1.54) is 18.4 Å². The summed E-state index contributed by atoms with van der Waals surface area (Å²) in [4.78, 5) is 0. The molecule has 3 nitrogen and oxygen atoms in total. The summed E-state index contributed by atoms with van der Waals surface area (Å²) in [6.07, 6.45) is 3.73. The standard InChI is InChI=1S/C16H25NO2/c1-4-12(2)11-19-16-13(10-17-14-8-9-14)6-5-7-15(16)18-3/h5-7,12,14,17H,4,8-11H2,1-3H3. The third-order valence-electron chi connectivity index (χ3n) is 3.65. The van der Waals surface area contributed by atoms with Gasteiger partial charge in [-0.1, -0.05) is 32.4 Å². The van der Waals surface area contributed by atoms with Gasteiger partial charge in [0.25, 0.3) is 0 Å². The molecule has 3 heteroatoms. The molecule has 0 amide bonds. The maximum atomic E-state index is 6.00. The molecule has 0 radical (unpaired) electrons. The minimum atomic E-state index is 0.564. The lowest BCUT2D eigenvalue weighted by Crippen LogP contribution is -2.17. The molecule has 0 heterocycles. The normalized spacial score (nSPS) is 16.2. The molecule has 19 heavy (non-hydrogen) atoms. The zero-order chi connectivity index (χ0) is 13.7. The monoisotopic (exact) mass is 263 g/mol. The van der Waals surface area contributed by atoms with Crippen LogP contribution in [0.3, 0.4) is 0 Å². The van der Waals surface area contributed by atoms with Crippen LogP contribution in [0.5, 0.6) is 11.5 Å². The van der Waals surface area contributed by atoms with Crippen molar-refractivity contribution in [2.75, 3.05) is 13.7 Å². The molecule has 1 unspecified atom stereocenters. The van der Waals surface area contributed by atoms with Crippen molar-refractivity contribution in [2.24, 2.45) is 5.92 Å². The van der Waals surface area contributed by atoms with Crippen molar-refractivity contribution in [3.8, 4) is 11.5 Å². The molecule has 1 aliphatic carbocycles. The van der Waals surface area contributed by atoms with Gasteiger partial charge in [-0.2, -0.15) is 0 Å². The number of methoxy groups -OCH3 is 1. The molecule has 1 N–H and O–H groups in total. The van der Waals surface area contributed by atoms with Crippen LogP contribution in [0, 0.1) is 5.92 Å². The van der Waals surface area contributed by atoms with Crippen molar-refractivity contribution in [3.63, 3.8) is 0 Å². The first-order valence-corrected chi connectivity index (χ1v) is 7.26. The lowest BCUT2D eigenvalue weighted by Gasteiger charge is -2.17. The SMILES string of the molecule is CCC(C)COc1c(CNC2CC2)cccc1OC. The van der Waals surface area contributed by atoms with Gasteiger partial charge in [0.15, 0.2) is 11.5 Å². The number of hydrogen-bond acceptors (Lipinski definition) is 3. The summed E-state index contributed by atoms with van der Waals surface area (Å²) in [5.74, 6) is 2.30. The Morgan fingerprint density at radius 1 is 1.37 bits per heavy atom. The highest BCUT2D eigenvalue weighted by atomic mass is 16.5. The van der Waals surface area contributed by atoms with E-state index >= 15 is 0 Å². The number of nitrogens with one attached hydrogen (secondary N) is 1. The van der Waals surface area contributed by atoms with Gasteiger partial charge >= 0.3 is 0 Å². The van der Waals surface area contributed by atoms with Crippen LogP contribution in [-0.4, -0.2) is 19.8 Å². The number of hydrogen-bond donors (Lipinski definition) is 1. The van der Waals surface area contributed by atoms with Gasteiger partial charge in [0.1, 0.15) is 0 Å². The van der Waals surface area contributed by atoms with Crippen molar-refractivity contribution in [2.45, 2.75) is 45.7 Å². The molecule has 1 atom stereocenters. The fraction of sp³-hybridized carbons (Fsp3) is 0.625. The molecule has 0 aromatic heterocycles. The van der Waals surface area contributed by atoms with Gasteiger partial charge in [-0.05, 0) is 24.8 Å². The predicted octanol–water partition coefficient (Wildman–Crippen LogP) is 3.37. The van der Waals surface area contributed by atoms with Crippen molar-refractivity contribution in [1.82, 2.24) is 5.32 Å². The van der Waals surface area contributed by atoms with Gasteiger partial charge in [-0.15, -0.1) is 0 Å². The highest BCUT2D eigenvalue weighted by Crippen LogP contribution is 2.32. The molecular weight excluding hydrogens is 238 g/mol. The summed E-state index contributed by atoms with van der Waals surface area (Å²) in [5.41, 5.74) is 1.19. The van der Waals surface area contributed by atoms with Crippen LogP contribution >= 0.6 is 0 Å². The van der Waals surface area contributed by atoms with E-state index in [2.05, 4.69) is 25.2 Å². The molecule has 1 saturated carbocycles. The first kappa shape index (κ1) is 14.2. The van der Waals surface area contributed by atoms with E-state index in [1.807, 2.05) is 12.1 Å². The van der Waals surface area contributed by atoms with E-state index < -0.39 is 0 Å². The Morgan fingerprint density at radius 3 is 2.79 bits per heavy atom. The summed E-state index contributed by atoms with van der Waals surface area (Å²) >= 11 is 0. The van der Waals surface area contributed by atoms with E-state index in [0.29, 0.717) is 12.0 Å². The molecule has 1 aliphatic rings. The van der Waals surface area contributed by atoms with Gasteiger partial charge in [0.05, 0.1) is 13.7 Å². The summed E-state index contributed by atoms with van der Waals surface area (Å²) < 4.78 is 11.4. The second-order valence-corrected chi connectivity index (χ2v) is 5.43. The Bertz CT molecular complexity index is 402. The van der Waals surface area contributed by atoms with E-state index in [0.717, 1.165) is 31.1 Å². The number of rotatable bonds is 8. The quantitative estimate of drug-likeness (QED) is 0.780. The number of benzene rings is 1. The fourth-order valence-corrected chi connectivity index (χ4v) is 1.91. The summed E-state index contributed by atoms with van der Waals surface area (Å²) in [5, 5.41) is 3.53. The van der Waals surface area contributed by atoms with E-state index in [9.17, 15) is 0 Å². The molecule has 0 saturated heterocycles. The van der Waals surface area contributed by atoms with Crippen LogP contribution in [0.2, 0.25) is 0 Å². The smallest absolute Gasteiger partial charge is 0.165 e. The second kappa shape index (κ2) is 6.80. The van der Waals surface area contributed by atoms with Crippen LogP contribution in [0.1, 0.15) is 38.7 Å². The molecule has 2 rings (SSSR count). The molecule has 0 aliphatic heterocycles. The minimum Gasteiger partial charge on any atom is -0.493 e. The largest absolute Gasteiger partial charge is 0.493 e. The van der Waals surface area contributed by atoms with Crippen molar-refractivity contribution in [3.05, 3.63) is 23.8 Å². The third kappa shape index (κ3) is 4.13. The minimum absolute atomic E-state index is 0.564. The third-order valence-corrected chi connectivity index (χ3v) is 3.65. The molecule has 0 bridgehead atoms. The number of para-hydroxylation sites is 1.